The first-order valence-corrected chi connectivity index (χ1v) is 11.1. The van der Waals surface area contributed by atoms with Gasteiger partial charge in [0.25, 0.3) is 0 Å². The number of rotatable bonds is 3. The summed E-state index contributed by atoms with van der Waals surface area (Å²) in [5.41, 5.74) is 8.56. The van der Waals surface area contributed by atoms with Gasteiger partial charge in [0.15, 0.2) is 5.13 Å². The average Bonchev–Trinajstić information content (AvgIpc) is 3.18. The molecule has 2 aliphatic heterocycles. The van der Waals surface area contributed by atoms with Crippen LogP contribution >= 0.6 is 11.3 Å². The summed E-state index contributed by atoms with van der Waals surface area (Å²) in [5, 5.41) is 1.10. The molecule has 0 atom stereocenters. The van der Waals surface area contributed by atoms with Crippen LogP contribution in [0.1, 0.15) is 32.1 Å². The third-order valence-corrected chi connectivity index (χ3v) is 6.99. The van der Waals surface area contributed by atoms with E-state index in [1.54, 1.807) is 17.5 Å². The van der Waals surface area contributed by atoms with Crippen LogP contribution in [0.15, 0.2) is 30.5 Å². The highest BCUT2D eigenvalue weighted by molar-refractivity contribution is 7.21. The molecule has 28 heavy (non-hydrogen) atoms. The minimum absolute atomic E-state index is 0.526. The fraction of sp³-hybridized carbons (Fsp3) is 0.476. The largest absolute Gasteiger partial charge is 0.384 e. The number of likely N-dealkylation sites (tertiary alicyclic amines) is 1. The van der Waals surface area contributed by atoms with Crippen molar-refractivity contribution < 1.29 is 0 Å². The van der Waals surface area contributed by atoms with E-state index in [0.717, 1.165) is 45.9 Å². The van der Waals surface area contributed by atoms with Crippen LogP contribution in [-0.2, 0) is 0 Å². The van der Waals surface area contributed by atoms with Gasteiger partial charge in [-0.05, 0) is 63.0 Å². The molecule has 146 valence electrons. The number of nitrogen functional groups attached to an aromatic ring is 1. The Morgan fingerprint density at radius 1 is 0.929 bits per heavy atom. The third kappa shape index (κ3) is 3.56. The highest BCUT2D eigenvalue weighted by Crippen LogP contribution is 2.32. The standard InChI is InChI=1S/C21H26N6S/c22-19-7-4-15(14-23-19)17-5-6-18-20(24-17)28-21(25-18)27-12-8-16(9-13-27)26-10-2-1-3-11-26/h4-7,14,16H,1-3,8-13H2,(H2,22,23). The molecule has 0 bridgehead atoms. The summed E-state index contributed by atoms with van der Waals surface area (Å²) in [5.74, 6) is 0.526. The Hall–Kier alpha value is -2.25. The lowest BCUT2D eigenvalue weighted by Gasteiger charge is -2.40. The number of nitrogens with zero attached hydrogens (tertiary/aromatic N) is 5. The van der Waals surface area contributed by atoms with E-state index in [1.807, 2.05) is 18.2 Å². The predicted octanol–water partition coefficient (Wildman–Crippen LogP) is 3.79. The van der Waals surface area contributed by atoms with Gasteiger partial charge in [-0.25, -0.2) is 15.0 Å². The van der Waals surface area contributed by atoms with E-state index in [-0.39, 0.29) is 0 Å². The van der Waals surface area contributed by atoms with E-state index >= 15 is 0 Å². The van der Waals surface area contributed by atoms with Crippen molar-refractivity contribution in [1.29, 1.82) is 0 Å². The quantitative estimate of drug-likeness (QED) is 0.729. The summed E-state index contributed by atoms with van der Waals surface area (Å²) in [6.45, 7) is 4.77. The second kappa shape index (κ2) is 7.64. The Morgan fingerprint density at radius 2 is 1.75 bits per heavy atom. The van der Waals surface area contributed by atoms with E-state index < -0.39 is 0 Å². The zero-order valence-corrected chi connectivity index (χ0v) is 16.9. The van der Waals surface area contributed by atoms with Crippen molar-refractivity contribution in [2.24, 2.45) is 0 Å². The van der Waals surface area contributed by atoms with Crippen LogP contribution in [0.5, 0.6) is 0 Å². The lowest BCUT2D eigenvalue weighted by atomic mass is 10.0. The first-order valence-electron chi connectivity index (χ1n) is 10.2. The van der Waals surface area contributed by atoms with Crippen LogP contribution in [0.3, 0.4) is 0 Å². The molecule has 2 aliphatic rings. The fourth-order valence-electron chi connectivity index (χ4n) is 4.36. The van der Waals surface area contributed by atoms with Crippen molar-refractivity contribution in [3.05, 3.63) is 30.5 Å². The Labute approximate surface area is 169 Å². The SMILES string of the molecule is Nc1ccc(-c2ccc3nc(N4CCC(N5CCCCC5)CC4)sc3n2)cn1. The normalized spacial score (nSPS) is 19.4. The van der Waals surface area contributed by atoms with Gasteiger partial charge in [0, 0.05) is 30.9 Å². The maximum Gasteiger partial charge on any atom is 0.187 e. The molecular formula is C21H26N6S. The van der Waals surface area contributed by atoms with E-state index in [9.17, 15) is 0 Å². The second-order valence-corrected chi connectivity index (χ2v) is 8.76. The first-order chi connectivity index (χ1) is 13.8. The van der Waals surface area contributed by atoms with E-state index in [2.05, 4.69) is 20.9 Å². The topological polar surface area (TPSA) is 71.2 Å². The van der Waals surface area contributed by atoms with Crippen molar-refractivity contribution in [2.75, 3.05) is 36.8 Å². The van der Waals surface area contributed by atoms with Gasteiger partial charge in [0.05, 0.1) is 5.69 Å². The Morgan fingerprint density at radius 3 is 2.50 bits per heavy atom. The summed E-state index contributed by atoms with van der Waals surface area (Å²) >= 11 is 1.70. The summed E-state index contributed by atoms with van der Waals surface area (Å²) < 4.78 is 0. The van der Waals surface area contributed by atoms with Crippen molar-refractivity contribution in [3.8, 4) is 11.3 Å². The zero-order chi connectivity index (χ0) is 18.9. The smallest absolute Gasteiger partial charge is 0.187 e. The van der Waals surface area contributed by atoms with Gasteiger partial charge in [-0.2, -0.15) is 0 Å². The first kappa shape index (κ1) is 17.8. The molecule has 0 aromatic carbocycles. The van der Waals surface area contributed by atoms with Gasteiger partial charge in [-0.3, -0.25) is 0 Å². The number of thiazole rings is 1. The number of hydrogen-bond acceptors (Lipinski definition) is 7. The molecule has 3 aromatic rings. The summed E-state index contributed by atoms with van der Waals surface area (Å²) in [4.78, 5) is 20.0. The van der Waals surface area contributed by atoms with E-state index in [4.69, 9.17) is 15.7 Å². The fourth-order valence-corrected chi connectivity index (χ4v) is 5.36. The molecule has 3 aromatic heterocycles. The number of piperidine rings is 2. The third-order valence-electron chi connectivity index (χ3n) is 5.97. The van der Waals surface area contributed by atoms with Gasteiger partial charge in [0.2, 0.25) is 0 Å². The van der Waals surface area contributed by atoms with Crippen LogP contribution in [0.4, 0.5) is 10.9 Å². The summed E-state index contributed by atoms with van der Waals surface area (Å²) in [6.07, 6.45) is 8.40. The molecule has 0 amide bonds. The van der Waals surface area contributed by atoms with Gasteiger partial charge in [0.1, 0.15) is 16.2 Å². The molecule has 0 aliphatic carbocycles. The van der Waals surface area contributed by atoms with Crippen molar-refractivity contribution in [3.63, 3.8) is 0 Å². The van der Waals surface area contributed by atoms with Crippen molar-refractivity contribution in [1.82, 2.24) is 19.9 Å². The van der Waals surface area contributed by atoms with Crippen LogP contribution in [-0.4, -0.2) is 52.1 Å². The molecule has 7 heteroatoms. The average molecular weight is 395 g/mol. The monoisotopic (exact) mass is 394 g/mol. The molecular weight excluding hydrogens is 368 g/mol. The summed E-state index contributed by atoms with van der Waals surface area (Å²) in [7, 11) is 0. The number of nitrogens with two attached hydrogens (primary N) is 1. The number of anilines is 2. The van der Waals surface area contributed by atoms with Crippen LogP contribution in [0.25, 0.3) is 21.6 Å². The second-order valence-electron chi connectivity index (χ2n) is 7.80. The molecule has 5 rings (SSSR count). The highest BCUT2D eigenvalue weighted by Gasteiger charge is 2.27. The maximum absolute atomic E-state index is 5.69. The molecule has 0 radical (unpaired) electrons. The predicted molar refractivity (Wildman–Crippen MR) is 116 cm³/mol. The van der Waals surface area contributed by atoms with Crippen LogP contribution < -0.4 is 10.6 Å². The number of hydrogen-bond donors (Lipinski definition) is 1. The number of pyridine rings is 2. The van der Waals surface area contributed by atoms with Gasteiger partial charge in [-0.15, -0.1) is 0 Å². The lowest BCUT2D eigenvalue weighted by molar-refractivity contribution is 0.141. The molecule has 2 saturated heterocycles. The number of fused-ring (bicyclic) bond motifs is 1. The molecule has 2 N–H and O–H groups in total. The Balaban J connectivity index is 1.31. The molecule has 0 saturated carbocycles. The Kier molecular flexibility index (Phi) is 4.86. The van der Waals surface area contributed by atoms with Crippen molar-refractivity contribution in [2.45, 2.75) is 38.1 Å². The minimum atomic E-state index is 0.526. The van der Waals surface area contributed by atoms with Gasteiger partial charge in [-0.1, -0.05) is 17.8 Å². The van der Waals surface area contributed by atoms with Crippen LogP contribution in [0, 0.1) is 0 Å². The van der Waals surface area contributed by atoms with E-state index in [0.29, 0.717) is 5.82 Å². The Bertz CT molecular complexity index is 939. The molecule has 0 unspecified atom stereocenters. The lowest BCUT2D eigenvalue weighted by Crippen LogP contribution is -2.46. The van der Waals surface area contributed by atoms with E-state index in [1.165, 1.54) is 45.2 Å². The molecule has 5 heterocycles. The highest BCUT2D eigenvalue weighted by atomic mass is 32.1. The van der Waals surface area contributed by atoms with Gasteiger partial charge >= 0.3 is 0 Å². The minimum Gasteiger partial charge on any atom is -0.384 e. The molecule has 0 spiro atoms. The zero-order valence-electron chi connectivity index (χ0n) is 16.0. The van der Waals surface area contributed by atoms with Gasteiger partial charge < -0.3 is 15.5 Å². The number of aromatic nitrogens is 3. The maximum atomic E-state index is 5.69. The summed E-state index contributed by atoms with van der Waals surface area (Å²) in [6, 6.07) is 8.61. The van der Waals surface area contributed by atoms with Crippen molar-refractivity contribution >= 4 is 32.6 Å². The molecule has 6 nitrogen and oxygen atoms in total. The van der Waals surface area contributed by atoms with Crippen LogP contribution in [0.2, 0.25) is 0 Å². The molecule has 2 fully saturated rings.